The molecule has 0 aromatic heterocycles. The lowest BCUT2D eigenvalue weighted by Gasteiger charge is -2.17. The average molecular weight is 264 g/mol. The van der Waals surface area contributed by atoms with Crippen LogP contribution in [0, 0.1) is 11.3 Å². The Bertz CT molecular complexity index is 430. The Kier molecular flexibility index (Phi) is 5.46. The van der Waals surface area contributed by atoms with Gasteiger partial charge in [0.1, 0.15) is 5.54 Å². The summed E-state index contributed by atoms with van der Waals surface area (Å²) >= 11 is 0. The number of rotatable bonds is 7. The van der Waals surface area contributed by atoms with E-state index < -0.39 is 5.54 Å². The number of nitrogens with two attached hydrogens (primary N) is 1. The number of hydrogen-bond donors (Lipinski definition) is 1. The van der Waals surface area contributed by atoms with E-state index in [-0.39, 0.29) is 0 Å². The predicted molar refractivity (Wildman–Crippen MR) is 72.5 cm³/mol. The van der Waals surface area contributed by atoms with Crippen LogP contribution in [0.2, 0.25) is 0 Å². The van der Waals surface area contributed by atoms with Crippen molar-refractivity contribution in [2.45, 2.75) is 25.3 Å². The van der Waals surface area contributed by atoms with E-state index in [0.717, 1.165) is 0 Å². The third-order valence-electron chi connectivity index (χ3n) is 2.72. The monoisotopic (exact) mass is 264 g/mol. The van der Waals surface area contributed by atoms with Gasteiger partial charge >= 0.3 is 0 Å². The molecular weight excluding hydrogens is 244 g/mol. The first-order valence-electron chi connectivity index (χ1n) is 6.08. The average Bonchev–Trinajstić information content (AvgIpc) is 2.43. The third kappa shape index (κ3) is 4.34. The highest BCUT2D eigenvalue weighted by Gasteiger charge is 2.17. The third-order valence-corrected chi connectivity index (χ3v) is 2.72. The highest BCUT2D eigenvalue weighted by atomic mass is 16.5. The van der Waals surface area contributed by atoms with Crippen molar-refractivity contribution in [1.29, 1.82) is 5.26 Å². The quantitative estimate of drug-likeness (QED) is 0.763. The molecule has 5 nitrogen and oxygen atoms in total. The fourth-order valence-corrected chi connectivity index (χ4v) is 1.63. The molecule has 0 saturated carbocycles. The highest BCUT2D eigenvalue weighted by Crippen LogP contribution is 2.36. The van der Waals surface area contributed by atoms with Crippen LogP contribution in [0.25, 0.3) is 0 Å². The summed E-state index contributed by atoms with van der Waals surface area (Å²) in [4.78, 5) is 0. The van der Waals surface area contributed by atoms with Gasteiger partial charge in [0.05, 0.1) is 26.9 Å². The van der Waals surface area contributed by atoms with Gasteiger partial charge in [-0.25, -0.2) is 0 Å². The summed E-state index contributed by atoms with van der Waals surface area (Å²) in [5, 5.41) is 8.82. The maximum Gasteiger partial charge on any atom is 0.203 e. The molecular formula is C14H20N2O3. The summed E-state index contributed by atoms with van der Waals surface area (Å²) in [6, 6.07) is 7.50. The van der Waals surface area contributed by atoms with Crippen LogP contribution in [-0.2, 0) is 0 Å². The van der Waals surface area contributed by atoms with Crippen LogP contribution in [0.4, 0.5) is 0 Å². The molecule has 0 spiro atoms. The first kappa shape index (κ1) is 15.1. The van der Waals surface area contributed by atoms with Crippen molar-refractivity contribution in [3.05, 3.63) is 18.2 Å². The topological polar surface area (TPSA) is 77.5 Å². The Labute approximate surface area is 113 Å². The molecule has 0 amide bonds. The first-order chi connectivity index (χ1) is 9.04. The molecule has 1 unspecified atom stereocenters. The van der Waals surface area contributed by atoms with E-state index >= 15 is 0 Å². The number of nitriles is 1. The number of ether oxygens (including phenoxy) is 3. The van der Waals surface area contributed by atoms with Crippen LogP contribution in [0.15, 0.2) is 18.2 Å². The summed E-state index contributed by atoms with van der Waals surface area (Å²) in [6.07, 6.45) is 1.25. The predicted octanol–water partition coefficient (Wildman–Crippen LogP) is 2.10. The standard InChI is InChI=1S/C14H20N2O3/c1-14(16,10-15)8-5-9-19-13-11(17-2)6-4-7-12(13)18-3/h4,6-7H,5,8-9,16H2,1-3H3. The molecule has 1 atom stereocenters. The second-order valence-electron chi connectivity index (χ2n) is 4.47. The molecule has 1 aromatic rings. The van der Waals surface area contributed by atoms with Gasteiger partial charge in [-0.15, -0.1) is 0 Å². The zero-order chi connectivity index (χ0) is 14.3. The Morgan fingerprint density at radius 3 is 2.32 bits per heavy atom. The number of para-hydroxylation sites is 1. The van der Waals surface area contributed by atoms with Crippen LogP contribution < -0.4 is 19.9 Å². The van der Waals surface area contributed by atoms with Gasteiger partial charge < -0.3 is 19.9 Å². The van der Waals surface area contributed by atoms with E-state index in [9.17, 15) is 0 Å². The second kappa shape index (κ2) is 6.86. The van der Waals surface area contributed by atoms with Gasteiger partial charge in [0.25, 0.3) is 0 Å². The summed E-state index contributed by atoms with van der Waals surface area (Å²) in [5.74, 6) is 1.81. The van der Waals surface area contributed by atoms with E-state index in [1.807, 2.05) is 6.07 Å². The molecule has 0 bridgehead atoms. The number of benzene rings is 1. The summed E-state index contributed by atoms with van der Waals surface area (Å²) < 4.78 is 16.1. The van der Waals surface area contributed by atoms with Crippen LogP contribution in [-0.4, -0.2) is 26.4 Å². The van der Waals surface area contributed by atoms with E-state index in [4.69, 9.17) is 25.2 Å². The van der Waals surface area contributed by atoms with Gasteiger partial charge in [-0.1, -0.05) is 6.07 Å². The molecule has 0 aliphatic heterocycles. The molecule has 2 N–H and O–H groups in total. The molecule has 1 aromatic carbocycles. The molecule has 104 valence electrons. The maximum absolute atomic E-state index is 8.82. The molecule has 0 radical (unpaired) electrons. The van der Waals surface area contributed by atoms with Crippen LogP contribution in [0.1, 0.15) is 19.8 Å². The molecule has 0 heterocycles. The van der Waals surface area contributed by atoms with Gasteiger partial charge in [-0.05, 0) is 31.9 Å². The molecule has 0 saturated heterocycles. The minimum Gasteiger partial charge on any atom is -0.493 e. The molecule has 5 heteroatoms. The van der Waals surface area contributed by atoms with Crippen molar-refractivity contribution in [1.82, 2.24) is 0 Å². The SMILES string of the molecule is COc1cccc(OC)c1OCCCC(C)(N)C#N. The van der Waals surface area contributed by atoms with E-state index in [1.165, 1.54) is 0 Å². The van der Waals surface area contributed by atoms with E-state index in [1.54, 1.807) is 33.3 Å². The Morgan fingerprint density at radius 1 is 1.26 bits per heavy atom. The number of nitrogens with zero attached hydrogens (tertiary/aromatic N) is 1. The molecule has 1 rings (SSSR count). The normalized spacial score (nSPS) is 13.2. The zero-order valence-electron chi connectivity index (χ0n) is 11.6. The lowest BCUT2D eigenvalue weighted by Crippen LogP contribution is -2.34. The van der Waals surface area contributed by atoms with E-state index in [2.05, 4.69) is 6.07 Å². The highest BCUT2D eigenvalue weighted by molar-refractivity contribution is 5.51. The Balaban J connectivity index is 2.60. The lowest BCUT2D eigenvalue weighted by atomic mass is 10.00. The van der Waals surface area contributed by atoms with Gasteiger partial charge in [0.2, 0.25) is 5.75 Å². The first-order valence-corrected chi connectivity index (χ1v) is 6.08. The van der Waals surface area contributed by atoms with E-state index in [0.29, 0.717) is 36.7 Å². The van der Waals surface area contributed by atoms with Crippen molar-refractivity contribution in [3.63, 3.8) is 0 Å². The lowest BCUT2D eigenvalue weighted by molar-refractivity contribution is 0.262. The number of methoxy groups -OCH3 is 2. The largest absolute Gasteiger partial charge is 0.493 e. The van der Waals surface area contributed by atoms with Crippen LogP contribution in [0.5, 0.6) is 17.2 Å². The maximum atomic E-state index is 8.82. The van der Waals surface area contributed by atoms with Crippen molar-refractivity contribution >= 4 is 0 Å². The summed E-state index contributed by atoms with van der Waals surface area (Å²) in [5.41, 5.74) is 4.93. The van der Waals surface area contributed by atoms with Gasteiger partial charge in [0, 0.05) is 0 Å². The van der Waals surface area contributed by atoms with Gasteiger partial charge in [-0.3, -0.25) is 0 Å². The van der Waals surface area contributed by atoms with Gasteiger partial charge in [0.15, 0.2) is 11.5 Å². The van der Waals surface area contributed by atoms with Crippen LogP contribution >= 0.6 is 0 Å². The second-order valence-corrected chi connectivity index (χ2v) is 4.47. The molecule has 0 aliphatic rings. The molecule has 0 fully saturated rings. The minimum absolute atomic E-state index is 0.450. The van der Waals surface area contributed by atoms with Crippen LogP contribution in [0.3, 0.4) is 0 Å². The zero-order valence-corrected chi connectivity index (χ0v) is 11.6. The van der Waals surface area contributed by atoms with Gasteiger partial charge in [-0.2, -0.15) is 5.26 Å². The van der Waals surface area contributed by atoms with Crippen molar-refractivity contribution in [2.75, 3.05) is 20.8 Å². The molecule has 19 heavy (non-hydrogen) atoms. The number of hydrogen-bond acceptors (Lipinski definition) is 5. The summed E-state index contributed by atoms with van der Waals surface area (Å²) in [6.45, 7) is 2.15. The summed E-state index contributed by atoms with van der Waals surface area (Å²) in [7, 11) is 3.16. The fourth-order valence-electron chi connectivity index (χ4n) is 1.63. The molecule has 0 aliphatic carbocycles. The van der Waals surface area contributed by atoms with Crippen molar-refractivity contribution in [2.24, 2.45) is 5.73 Å². The Hall–Kier alpha value is -1.93. The van der Waals surface area contributed by atoms with Crippen molar-refractivity contribution < 1.29 is 14.2 Å². The van der Waals surface area contributed by atoms with Crippen molar-refractivity contribution in [3.8, 4) is 23.3 Å². The minimum atomic E-state index is -0.811. The smallest absolute Gasteiger partial charge is 0.203 e. The fraction of sp³-hybridized carbons (Fsp3) is 0.500. The Morgan fingerprint density at radius 2 is 1.84 bits per heavy atom.